The van der Waals surface area contributed by atoms with Crippen molar-refractivity contribution in [2.75, 3.05) is 13.1 Å². The summed E-state index contributed by atoms with van der Waals surface area (Å²) < 4.78 is 23.9. The molecular formula is C12H17F2N. The quantitative estimate of drug-likeness (QED) is 0.793. The lowest BCUT2D eigenvalue weighted by Gasteiger charge is -2.25. The second-order valence-electron chi connectivity index (χ2n) is 4.27. The minimum absolute atomic E-state index is 0.115. The highest BCUT2D eigenvalue weighted by Gasteiger charge is 2.19. The van der Waals surface area contributed by atoms with Gasteiger partial charge in [-0.2, -0.15) is 0 Å². The third kappa shape index (κ3) is 3.96. The maximum absolute atomic E-state index is 11.9. The van der Waals surface area contributed by atoms with Crippen molar-refractivity contribution < 1.29 is 8.78 Å². The van der Waals surface area contributed by atoms with Crippen molar-refractivity contribution in [1.29, 1.82) is 0 Å². The van der Waals surface area contributed by atoms with Crippen LogP contribution in [0.15, 0.2) is 30.3 Å². The largest absolute Gasteiger partial charge is 0.311 e. The van der Waals surface area contributed by atoms with Gasteiger partial charge in [0.25, 0.3) is 6.43 Å². The number of hydrogen-bond donors (Lipinski definition) is 1. The van der Waals surface area contributed by atoms with Gasteiger partial charge in [-0.05, 0) is 5.56 Å². The van der Waals surface area contributed by atoms with Gasteiger partial charge in [0.15, 0.2) is 0 Å². The van der Waals surface area contributed by atoms with E-state index < -0.39 is 6.43 Å². The predicted molar refractivity (Wildman–Crippen MR) is 58.3 cm³/mol. The third-order valence-electron chi connectivity index (χ3n) is 2.42. The number of nitrogens with one attached hydrogen (secondary N) is 1. The Kier molecular flexibility index (Phi) is 4.21. The molecule has 3 heteroatoms. The fourth-order valence-electron chi connectivity index (χ4n) is 1.49. The Morgan fingerprint density at radius 3 is 2.33 bits per heavy atom. The number of benzene rings is 1. The Bertz CT molecular complexity index is 283. The fourth-order valence-corrected chi connectivity index (χ4v) is 1.49. The lowest BCUT2D eigenvalue weighted by atomic mass is 9.85. The Labute approximate surface area is 89.5 Å². The number of rotatable bonds is 5. The third-order valence-corrected chi connectivity index (χ3v) is 2.42. The normalized spacial score (nSPS) is 12.1. The van der Waals surface area contributed by atoms with Crippen LogP contribution in [-0.4, -0.2) is 19.5 Å². The van der Waals surface area contributed by atoms with Crippen LogP contribution in [0.1, 0.15) is 19.4 Å². The van der Waals surface area contributed by atoms with Gasteiger partial charge in [-0.15, -0.1) is 0 Å². The SMILES string of the molecule is CC(C)(CNCC(F)F)c1ccccc1. The van der Waals surface area contributed by atoms with E-state index in [1.54, 1.807) is 0 Å². The van der Waals surface area contributed by atoms with Gasteiger partial charge in [0, 0.05) is 12.0 Å². The molecule has 0 atom stereocenters. The van der Waals surface area contributed by atoms with Crippen molar-refractivity contribution in [2.45, 2.75) is 25.7 Å². The van der Waals surface area contributed by atoms with Crippen molar-refractivity contribution in [3.05, 3.63) is 35.9 Å². The predicted octanol–water partition coefficient (Wildman–Crippen LogP) is 2.82. The molecule has 0 amide bonds. The molecule has 1 nitrogen and oxygen atoms in total. The maximum atomic E-state index is 11.9. The van der Waals surface area contributed by atoms with Crippen molar-refractivity contribution in [3.8, 4) is 0 Å². The summed E-state index contributed by atoms with van der Waals surface area (Å²) in [4.78, 5) is 0. The lowest BCUT2D eigenvalue weighted by Crippen LogP contribution is -2.35. The monoisotopic (exact) mass is 213 g/mol. The highest BCUT2D eigenvalue weighted by molar-refractivity contribution is 5.23. The van der Waals surface area contributed by atoms with Crippen LogP contribution in [0.2, 0.25) is 0 Å². The molecule has 0 saturated carbocycles. The molecule has 0 aromatic heterocycles. The van der Waals surface area contributed by atoms with Gasteiger partial charge in [0.1, 0.15) is 0 Å². The van der Waals surface area contributed by atoms with E-state index in [1.165, 1.54) is 0 Å². The second kappa shape index (κ2) is 5.21. The summed E-state index contributed by atoms with van der Waals surface area (Å²) in [5.74, 6) is 0. The first kappa shape index (κ1) is 12.1. The lowest BCUT2D eigenvalue weighted by molar-refractivity contribution is 0.144. The summed E-state index contributed by atoms with van der Waals surface area (Å²) in [5.41, 5.74) is 1.04. The molecule has 0 aliphatic rings. The van der Waals surface area contributed by atoms with Crippen LogP contribution in [0.4, 0.5) is 8.78 Å². The van der Waals surface area contributed by atoms with Crippen LogP contribution in [0.5, 0.6) is 0 Å². The molecule has 1 aromatic rings. The standard InChI is InChI=1S/C12H17F2N/c1-12(2,9-15-8-11(13)14)10-6-4-3-5-7-10/h3-7,11,15H,8-9H2,1-2H3. The molecule has 0 fully saturated rings. The maximum Gasteiger partial charge on any atom is 0.250 e. The van der Waals surface area contributed by atoms with Crippen LogP contribution in [0.3, 0.4) is 0 Å². The van der Waals surface area contributed by atoms with E-state index in [0.29, 0.717) is 6.54 Å². The highest BCUT2D eigenvalue weighted by atomic mass is 19.3. The summed E-state index contributed by atoms with van der Waals surface area (Å²) in [5, 5.41) is 2.77. The molecule has 15 heavy (non-hydrogen) atoms. The Morgan fingerprint density at radius 1 is 1.20 bits per heavy atom. The molecule has 84 valence electrons. The molecule has 0 aliphatic carbocycles. The van der Waals surface area contributed by atoms with E-state index in [-0.39, 0.29) is 12.0 Å². The minimum Gasteiger partial charge on any atom is -0.311 e. The molecular weight excluding hydrogens is 196 g/mol. The summed E-state index contributed by atoms with van der Waals surface area (Å²) in [6, 6.07) is 9.91. The van der Waals surface area contributed by atoms with Crippen molar-refractivity contribution in [2.24, 2.45) is 0 Å². The number of hydrogen-bond acceptors (Lipinski definition) is 1. The van der Waals surface area contributed by atoms with E-state index in [9.17, 15) is 8.78 Å². The molecule has 0 radical (unpaired) electrons. The van der Waals surface area contributed by atoms with Crippen LogP contribution in [0, 0.1) is 0 Å². The smallest absolute Gasteiger partial charge is 0.250 e. The van der Waals surface area contributed by atoms with Crippen molar-refractivity contribution in [1.82, 2.24) is 5.32 Å². The van der Waals surface area contributed by atoms with Gasteiger partial charge in [-0.25, -0.2) is 8.78 Å². The van der Waals surface area contributed by atoms with E-state index in [0.717, 1.165) is 5.56 Å². The highest BCUT2D eigenvalue weighted by Crippen LogP contribution is 2.21. The molecule has 0 aliphatic heterocycles. The van der Waals surface area contributed by atoms with Crippen LogP contribution in [-0.2, 0) is 5.41 Å². The summed E-state index contributed by atoms with van der Waals surface area (Å²) in [6.45, 7) is 4.40. The average Bonchev–Trinajstić information content (AvgIpc) is 2.18. The van der Waals surface area contributed by atoms with Gasteiger partial charge in [-0.3, -0.25) is 0 Å². The molecule has 1 rings (SSSR count). The summed E-state index contributed by atoms with van der Waals surface area (Å²) in [6.07, 6.45) is -2.28. The zero-order valence-corrected chi connectivity index (χ0v) is 9.13. The van der Waals surface area contributed by atoms with Crippen LogP contribution in [0.25, 0.3) is 0 Å². The van der Waals surface area contributed by atoms with E-state index in [1.807, 2.05) is 44.2 Å². The van der Waals surface area contributed by atoms with Gasteiger partial charge in [-0.1, -0.05) is 44.2 Å². The molecule has 0 bridgehead atoms. The van der Waals surface area contributed by atoms with Gasteiger partial charge >= 0.3 is 0 Å². The average molecular weight is 213 g/mol. The second-order valence-corrected chi connectivity index (χ2v) is 4.27. The summed E-state index contributed by atoms with van der Waals surface area (Å²) >= 11 is 0. The number of halogens is 2. The molecule has 0 heterocycles. The molecule has 1 aromatic carbocycles. The Hall–Kier alpha value is -0.960. The molecule has 0 saturated heterocycles. The van der Waals surface area contributed by atoms with Crippen molar-refractivity contribution in [3.63, 3.8) is 0 Å². The van der Waals surface area contributed by atoms with E-state index in [4.69, 9.17) is 0 Å². The van der Waals surface area contributed by atoms with Crippen LogP contribution >= 0.6 is 0 Å². The fraction of sp³-hybridized carbons (Fsp3) is 0.500. The first-order chi connectivity index (χ1) is 7.02. The van der Waals surface area contributed by atoms with E-state index >= 15 is 0 Å². The topological polar surface area (TPSA) is 12.0 Å². The zero-order chi connectivity index (χ0) is 11.3. The number of alkyl halides is 2. The first-order valence-corrected chi connectivity index (χ1v) is 5.07. The molecule has 0 unspecified atom stereocenters. The Morgan fingerprint density at radius 2 is 1.80 bits per heavy atom. The van der Waals surface area contributed by atoms with Gasteiger partial charge in [0.05, 0.1) is 6.54 Å². The molecule has 0 spiro atoms. The van der Waals surface area contributed by atoms with Gasteiger partial charge in [0.2, 0.25) is 0 Å². The molecule has 1 N–H and O–H groups in total. The minimum atomic E-state index is -2.28. The first-order valence-electron chi connectivity index (χ1n) is 5.07. The van der Waals surface area contributed by atoms with Crippen molar-refractivity contribution >= 4 is 0 Å². The van der Waals surface area contributed by atoms with Crippen LogP contribution < -0.4 is 5.32 Å². The van der Waals surface area contributed by atoms with E-state index in [2.05, 4.69) is 5.32 Å². The Balaban J connectivity index is 2.52. The summed E-state index contributed by atoms with van der Waals surface area (Å²) in [7, 11) is 0. The van der Waals surface area contributed by atoms with Gasteiger partial charge < -0.3 is 5.32 Å². The zero-order valence-electron chi connectivity index (χ0n) is 9.13.